The second-order valence-corrected chi connectivity index (χ2v) is 8.75. The maximum absolute atomic E-state index is 12.0. The number of urea groups is 1. The van der Waals surface area contributed by atoms with E-state index in [9.17, 15) is 9.59 Å². The quantitative estimate of drug-likeness (QED) is 0.271. The molecular weight excluding hydrogens is 354 g/mol. The van der Waals surface area contributed by atoms with E-state index in [1.165, 1.54) is 0 Å². The van der Waals surface area contributed by atoms with E-state index in [2.05, 4.69) is 16.0 Å². The number of ether oxygens (including phenoxy) is 2. The van der Waals surface area contributed by atoms with Crippen molar-refractivity contribution in [3.63, 3.8) is 0 Å². The summed E-state index contributed by atoms with van der Waals surface area (Å²) in [7, 11) is 0. The predicted molar refractivity (Wildman–Crippen MR) is 103 cm³/mol. The first-order valence-electron chi connectivity index (χ1n) is 9.58. The lowest BCUT2D eigenvalue weighted by Gasteiger charge is -2.25. The number of carbonyl (C=O) groups excluding carboxylic acids is 2. The zero-order valence-corrected chi connectivity index (χ0v) is 17.0. The summed E-state index contributed by atoms with van der Waals surface area (Å²) in [5.41, 5.74) is -0.307. The Kier molecular flexibility index (Phi) is 8.50. The van der Waals surface area contributed by atoms with Gasteiger partial charge in [0, 0.05) is 30.6 Å². The summed E-state index contributed by atoms with van der Waals surface area (Å²) in [6.07, 6.45) is 4.23. The number of hydrogen-bond donors (Lipinski definition) is 3. The van der Waals surface area contributed by atoms with Gasteiger partial charge in [-0.3, -0.25) is 4.79 Å². The van der Waals surface area contributed by atoms with Crippen molar-refractivity contribution < 1.29 is 19.1 Å². The smallest absolute Gasteiger partial charge is 0.315 e. The van der Waals surface area contributed by atoms with Gasteiger partial charge in [0.15, 0.2) is 0 Å². The molecule has 7 nitrogen and oxygen atoms in total. The molecule has 2 unspecified atom stereocenters. The van der Waals surface area contributed by atoms with E-state index < -0.39 is 0 Å². The highest BCUT2D eigenvalue weighted by atomic mass is 32.2. The van der Waals surface area contributed by atoms with Crippen LogP contribution in [0.5, 0.6) is 0 Å². The fourth-order valence-electron chi connectivity index (χ4n) is 3.22. The second-order valence-electron chi connectivity index (χ2n) is 7.48. The zero-order valence-electron chi connectivity index (χ0n) is 16.1. The van der Waals surface area contributed by atoms with Crippen molar-refractivity contribution in [2.45, 2.75) is 75.8 Å². The number of rotatable bonds is 12. The van der Waals surface area contributed by atoms with Gasteiger partial charge in [0.25, 0.3) is 0 Å². The molecule has 0 aromatic heterocycles. The average Bonchev–Trinajstić information content (AvgIpc) is 3.11. The molecule has 2 saturated heterocycles. The Bertz CT molecular complexity index is 475. The van der Waals surface area contributed by atoms with Crippen LogP contribution < -0.4 is 16.0 Å². The molecule has 0 aromatic carbocycles. The SMILES string of the molecule is CCOCOC(C)(C)CCNC(=O)CCCC[C@@H]1SCC2NC(=O)NC21. The number of nitrogens with one attached hydrogen (secondary N) is 3. The van der Waals surface area contributed by atoms with Crippen LogP contribution in [0.2, 0.25) is 0 Å². The molecule has 8 heteroatoms. The Morgan fingerprint density at radius 3 is 2.92 bits per heavy atom. The molecule has 0 aliphatic carbocycles. The monoisotopic (exact) mass is 387 g/mol. The Morgan fingerprint density at radius 2 is 2.15 bits per heavy atom. The molecule has 0 saturated carbocycles. The molecule has 26 heavy (non-hydrogen) atoms. The molecule has 3 atom stereocenters. The molecule has 2 heterocycles. The van der Waals surface area contributed by atoms with Crippen molar-refractivity contribution in [3.8, 4) is 0 Å². The molecule has 2 rings (SSSR count). The van der Waals surface area contributed by atoms with Gasteiger partial charge in [0.2, 0.25) is 5.91 Å². The highest BCUT2D eigenvalue weighted by Gasteiger charge is 2.42. The molecule has 2 aliphatic heterocycles. The lowest BCUT2D eigenvalue weighted by Crippen LogP contribution is -2.36. The van der Waals surface area contributed by atoms with Crippen molar-refractivity contribution in [1.82, 2.24) is 16.0 Å². The topological polar surface area (TPSA) is 88.7 Å². The van der Waals surface area contributed by atoms with Gasteiger partial charge in [-0.15, -0.1) is 0 Å². The Hall–Kier alpha value is -0.990. The van der Waals surface area contributed by atoms with E-state index in [1.54, 1.807) is 0 Å². The molecule has 0 spiro atoms. The summed E-state index contributed by atoms with van der Waals surface area (Å²) >= 11 is 1.92. The molecule has 3 N–H and O–H groups in total. The van der Waals surface area contributed by atoms with Crippen molar-refractivity contribution in [2.24, 2.45) is 0 Å². The first-order chi connectivity index (χ1) is 12.4. The third-order valence-electron chi connectivity index (χ3n) is 4.87. The highest BCUT2D eigenvalue weighted by Crippen LogP contribution is 2.33. The van der Waals surface area contributed by atoms with Gasteiger partial charge in [-0.1, -0.05) is 6.42 Å². The fourth-order valence-corrected chi connectivity index (χ4v) is 4.77. The number of carbonyl (C=O) groups is 2. The fraction of sp³-hybridized carbons (Fsp3) is 0.889. The molecule has 0 aromatic rings. The van der Waals surface area contributed by atoms with E-state index in [4.69, 9.17) is 9.47 Å². The first kappa shape index (κ1) is 21.3. The maximum Gasteiger partial charge on any atom is 0.315 e. The molecule has 3 amide bonds. The summed E-state index contributed by atoms with van der Waals surface area (Å²) in [6, 6.07) is 0.479. The van der Waals surface area contributed by atoms with E-state index in [0.717, 1.165) is 31.4 Å². The van der Waals surface area contributed by atoms with E-state index in [-0.39, 0.29) is 36.4 Å². The number of fused-ring (bicyclic) bond motifs is 1. The predicted octanol–water partition coefficient (Wildman–Crippen LogP) is 2.01. The Balaban J connectivity index is 1.51. The standard InChI is InChI=1S/C18H33N3O4S/c1-4-24-12-25-18(2,3)9-10-19-15(22)8-6-5-7-14-16-13(11-26-14)20-17(23)21-16/h13-14,16H,4-12H2,1-3H3,(H,19,22)(H2,20,21,23)/t13?,14-,16?/m0/s1. The zero-order chi connectivity index (χ0) is 19.0. The lowest BCUT2D eigenvalue weighted by atomic mass is 10.0. The Morgan fingerprint density at radius 1 is 1.35 bits per heavy atom. The van der Waals surface area contributed by atoms with Crippen LogP contribution in [0.15, 0.2) is 0 Å². The van der Waals surface area contributed by atoms with Gasteiger partial charge in [0.1, 0.15) is 6.79 Å². The van der Waals surface area contributed by atoms with Gasteiger partial charge in [-0.25, -0.2) is 4.79 Å². The van der Waals surface area contributed by atoms with Crippen LogP contribution in [-0.4, -0.2) is 60.6 Å². The van der Waals surface area contributed by atoms with Crippen molar-refractivity contribution in [1.29, 1.82) is 0 Å². The third-order valence-corrected chi connectivity index (χ3v) is 6.38. The average molecular weight is 388 g/mol. The normalized spacial score (nSPS) is 24.9. The minimum absolute atomic E-state index is 0.0437. The van der Waals surface area contributed by atoms with Gasteiger partial charge in [0.05, 0.1) is 17.7 Å². The summed E-state index contributed by atoms with van der Waals surface area (Å²) in [5.74, 6) is 1.08. The summed E-state index contributed by atoms with van der Waals surface area (Å²) < 4.78 is 10.8. The van der Waals surface area contributed by atoms with Gasteiger partial charge >= 0.3 is 6.03 Å². The minimum atomic E-state index is -0.307. The van der Waals surface area contributed by atoms with Gasteiger partial charge in [-0.2, -0.15) is 11.8 Å². The van der Waals surface area contributed by atoms with Gasteiger partial charge < -0.3 is 25.4 Å². The highest BCUT2D eigenvalue weighted by molar-refractivity contribution is 8.00. The van der Waals surface area contributed by atoms with Crippen LogP contribution >= 0.6 is 11.8 Å². The van der Waals surface area contributed by atoms with Crippen LogP contribution in [0.3, 0.4) is 0 Å². The van der Waals surface area contributed by atoms with Crippen molar-refractivity contribution in [2.75, 3.05) is 25.7 Å². The lowest BCUT2D eigenvalue weighted by molar-refractivity contribution is -0.129. The first-order valence-corrected chi connectivity index (χ1v) is 10.6. The molecule has 0 radical (unpaired) electrons. The van der Waals surface area contributed by atoms with E-state index in [1.807, 2.05) is 32.5 Å². The third kappa shape index (κ3) is 6.96. The molecule has 2 fully saturated rings. The van der Waals surface area contributed by atoms with E-state index >= 15 is 0 Å². The van der Waals surface area contributed by atoms with Gasteiger partial charge in [-0.05, 0) is 40.0 Å². The van der Waals surface area contributed by atoms with Crippen LogP contribution in [0, 0.1) is 0 Å². The second kappa shape index (κ2) is 10.4. The van der Waals surface area contributed by atoms with Crippen molar-refractivity contribution in [3.05, 3.63) is 0 Å². The molecule has 0 bridgehead atoms. The van der Waals surface area contributed by atoms with Crippen LogP contribution in [0.25, 0.3) is 0 Å². The number of amides is 3. The minimum Gasteiger partial charge on any atom is -0.356 e. The summed E-state index contributed by atoms with van der Waals surface area (Å²) in [6.45, 7) is 7.46. The number of unbranched alkanes of at least 4 members (excludes halogenated alkanes) is 1. The number of hydrogen-bond acceptors (Lipinski definition) is 5. The molecule has 150 valence electrons. The Labute approximate surface area is 160 Å². The summed E-state index contributed by atoms with van der Waals surface area (Å²) in [4.78, 5) is 23.3. The van der Waals surface area contributed by atoms with Crippen LogP contribution in [-0.2, 0) is 14.3 Å². The van der Waals surface area contributed by atoms with Crippen LogP contribution in [0.4, 0.5) is 4.79 Å². The van der Waals surface area contributed by atoms with E-state index in [0.29, 0.717) is 24.8 Å². The largest absolute Gasteiger partial charge is 0.356 e. The number of thioether (sulfide) groups is 1. The molecule has 2 aliphatic rings. The molecular formula is C18H33N3O4S. The van der Waals surface area contributed by atoms with Crippen LogP contribution in [0.1, 0.15) is 52.9 Å². The maximum atomic E-state index is 12.0. The van der Waals surface area contributed by atoms with Crippen molar-refractivity contribution >= 4 is 23.7 Å². The summed E-state index contributed by atoms with van der Waals surface area (Å²) in [5, 5.41) is 9.39.